The fourth-order valence-corrected chi connectivity index (χ4v) is 2.55. The van der Waals surface area contributed by atoms with E-state index in [0.29, 0.717) is 6.54 Å². The third kappa shape index (κ3) is 5.53. The van der Waals surface area contributed by atoms with Gasteiger partial charge in [-0.2, -0.15) is 0 Å². The molecule has 2 N–H and O–H groups in total. The van der Waals surface area contributed by atoms with Gasteiger partial charge < -0.3 is 10.6 Å². The summed E-state index contributed by atoms with van der Waals surface area (Å²) in [6, 6.07) is 15.4. The van der Waals surface area contributed by atoms with E-state index in [4.69, 9.17) is 0 Å². The first-order valence-electron chi connectivity index (χ1n) is 7.37. The van der Waals surface area contributed by atoms with Gasteiger partial charge in [-0.15, -0.1) is 0 Å². The molecule has 0 bridgehead atoms. The van der Waals surface area contributed by atoms with Crippen molar-refractivity contribution in [3.05, 3.63) is 69.7 Å². The van der Waals surface area contributed by atoms with E-state index in [1.54, 1.807) is 0 Å². The molecular weight excluding hydrogens is 356 g/mol. The molecule has 0 spiro atoms. The number of hydrogen-bond donors (Lipinski definition) is 2. The Bertz CT molecular complexity index is 701. The average Bonchev–Trinajstić information content (AvgIpc) is 2.54. The Balaban J connectivity index is 1.75. The highest BCUT2D eigenvalue weighted by Gasteiger charge is 2.08. The molecule has 0 aliphatic heterocycles. The van der Waals surface area contributed by atoms with Crippen LogP contribution in [0.15, 0.2) is 53.0 Å². The lowest BCUT2D eigenvalue weighted by molar-refractivity contribution is -0.125. The van der Waals surface area contributed by atoms with Gasteiger partial charge in [0.05, 0.1) is 13.0 Å². The van der Waals surface area contributed by atoms with Gasteiger partial charge in [0.2, 0.25) is 11.8 Å². The summed E-state index contributed by atoms with van der Waals surface area (Å²) >= 11 is 3.40. The molecule has 2 aromatic carbocycles. The topological polar surface area (TPSA) is 58.2 Å². The molecule has 2 amide bonds. The summed E-state index contributed by atoms with van der Waals surface area (Å²) in [5, 5.41) is 5.44. The van der Waals surface area contributed by atoms with E-state index in [-0.39, 0.29) is 24.8 Å². The molecule has 2 aromatic rings. The zero-order chi connectivity index (χ0) is 16.7. The van der Waals surface area contributed by atoms with Crippen LogP contribution >= 0.6 is 15.9 Å². The molecule has 0 fully saturated rings. The number of benzene rings is 2. The zero-order valence-electron chi connectivity index (χ0n) is 12.9. The van der Waals surface area contributed by atoms with Gasteiger partial charge in [0.1, 0.15) is 0 Å². The van der Waals surface area contributed by atoms with Gasteiger partial charge in [0, 0.05) is 11.0 Å². The van der Waals surface area contributed by atoms with Gasteiger partial charge in [-0.25, -0.2) is 0 Å². The van der Waals surface area contributed by atoms with Crippen molar-refractivity contribution in [2.45, 2.75) is 19.9 Å². The maximum Gasteiger partial charge on any atom is 0.239 e. The summed E-state index contributed by atoms with van der Waals surface area (Å²) in [6.45, 7) is 2.45. The second kappa shape index (κ2) is 8.48. The van der Waals surface area contributed by atoms with Crippen LogP contribution in [0.2, 0.25) is 0 Å². The van der Waals surface area contributed by atoms with Crippen LogP contribution in [0.4, 0.5) is 0 Å². The molecule has 23 heavy (non-hydrogen) atoms. The van der Waals surface area contributed by atoms with Crippen LogP contribution in [-0.4, -0.2) is 18.4 Å². The van der Waals surface area contributed by atoms with E-state index in [1.807, 2.05) is 55.5 Å². The maximum absolute atomic E-state index is 11.9. The number of hydrogen-bond acceptors (Lipinski definition) is 2. The van der Waals surface area contributed by atoms with Crippen LogP contribution in [0.1, 0.15) is 16.7 Å². The van der Waals surface area contributed by atoms with Crippen LogP contribution in [0.3, 0.4) is 0 Å². The van der Waals surface area contributed by atoms with Crippen molar-refractivity contribution in [1.82, 2.24) is 10.6 Å². The minimum Gasteiger partial charge on any atom is -0.350 e. The van der Waals surface area contributed by atoms with Crippen LogP contribution in [0.5, 0.6) is 0 Å². The molecule has 0 aromatic heterocycles. The van der Waals surface area contributed by atoms with Gasteiger partial charge in [0.25, 0.3) is 0 Å². The summed E-state index contributed by atoms with van der Waals surface area (Å²) in [5.74, 6) is -0.378. The molecule has 0 aliphatic carbocycles. The van der Waals surface area contributed by atoms with E-state index >= 15 is 0 Å². The highest BCUT2D eigenvalue weighted by atomic mass is 79.9. The van der Waals surface area contributed by atoms with E-state index in [0.717, 1.165) is 21.2 Å². The first-order valence-corrected chi connectivity index (χ1v) is 8.17. The smallest absolute Gasteiger partial charge is 0.239 e. The Morgan fingerprint density at radius 2 is 1.57 bits per heavy atom. The summed E-state index contributed by atoms with van der Waals surface area (Å²) in [5.41, 5.74) is 3.09. The van der Waals surface area contributed by atoms with Gasteiger partial charge in [-0.3, -0.25) is 9.59 Å². The fraction of sp³-hybridized carbons (Fsp3) is 0.222. The van der Waals surface area contributed by atoms with Crippen molar-refractivity contribution in [1.29, 1.82) is 0 Å². The highest BCUT2D eigenvalue weighted by Crippen LogP contribution is 2.16. The van der Waals surface area contributed by atoms with Crippen molar-refractivity contribution in [3.8, 4) is 0 Å². The van der Waals surface area contributed by atoms with Crippen molar-refractivity contribution < 1.29 is 9.59 Å². The second-order valence-corrected chi connectivity index (χ2v) is 6.10. The van der Waals surface area contributed by atoms with Crippen LogP contribution < -0.4 is 10.6 Å². The molecule has 5 heteroatoms. The largest absolute Gasteiger partial charge is 0.350 e. The van der Waals surface area contributed by atoms with Gasteiger partial charge in [-0.1, -0.05) is 58.4 Å². The van der Waals surface area contributed by atoms with E-state index in [9.17, 15) is 9.59 Å². The standard InChI is InChI=1S/C18H19BrN2O2/c1-13-6-2-3-8-15(13)11-20-18(23)12-21-17(22)10-14-7-4-5-9-16(14)19/h2-9H,10-12H2,1H3,(H,20,23)(H,21,22). The third-order valence-corrected chi connectivity index (χ3v) is 4.27. The second-order valence-electron chi connectivity index (χ2n) is 5.25. The SMILES string of the molecule is Cc1ccccc1CNC(=O)CNC(=O)Cc1ccccc1Br. The number of nitrogens with one attached hydrogen (secondary N) is 2. The number of halogens is 1. The average molecular weight is 375 g/mol. The quantitative estimate of drug-likeness (QED) is 0.816. The Labute approximate surface area is 144 Å². The van der Waals surface area contributed by atoms with Crippen molar-refractivity contribution in [2.75, 3.05) is 6.54 Å². The Kier molecular flexibility index (Phi) is 6.35. The molecule has 0 atom stereocenters. The predicted molar refractivity (Wildman–Crippen MR) is 93.9 cm³/mol. The molecule has 0 aliphatic rings. The van der Waals surface area contributed by atoms with Gasteiger partial charge in [0.15, 0.2) is 0 Å². The molecule has 0 saturated heterocycles. The molecule has 120 valence electrons. The van der Waals surface area contributed by atoms with Crippen LogP contribution in [0, 0.1) is 6.92 Å². The predicted octanol–water partition coefficient (Wildman–Crippen LogP) is 2.73. The highest BCUT2D eigenvalue weighted by molar-refractivity contribution is 9.10. The van der Waals surface area contributed by atoms with Crippen LogP contribution in [0.25, 0.3) is 0 Å². The lowest BCUT2D eigenvalue weighted by Crippen LogP contribution is -2.37. The Hall–Kier alpha value is -2.14. The zero-order valence-corrected chi connectivity index (χ0v) is 14.5. The summed E-state index contributed by atoms with van der Waals surface area (Å²) in [6.07, 6.45) is 0.243. The van der Waals surface area contributed by atoms with Gasteiger partial charge >= 0.3 is 0 Å². The molecule has 0 saturated carbocycles. The number of carbonyl (C=O) groups excluding carboxylic acids is 2. The first kappa shape index (κ1) is 17.2. The Morgan fingerprint density at radius 3 is 2.26 bits per heavy atom. The van der Waals surface area contributed by atoms with Crippen LogP contribution in [-0.2, 0) is 22.6 Å². The molecule has 0 unspecified atom stereocenters. The van der Waals surface area contributed by atoms with Crippen molar-refractivity contribution >= 4 is 27.7 Å². The van der Waals surface area contributed by atoms with E-state index in [1.165, 1.54) is 0 Å². The third-order valence-electron chi connectivity index (χ3n) is 3.49. The summed E-state index contributed by atoms with van der Waals surface area (Å²) in [4.78, 5) is 23.7. The number of carbonyl (C=O) groups is 2. The maximum atomic E-state index is 11.9. The minimum absolute atomic E-state index is 0.0187. The van der Waals surface area contributed by atoms with Crippen molar-refractivity contribution in [2.24, 2.45) is 0 Å². The normalized spacial score (nSPS) is 10.2. The van der Waals surface area contributed by atoms with Gasteiger partial charge in [-0.05, 0) is 29.7 Å². The van der Waals surface area contributed by atoms with E-state index in [2.05, 4.69) is 26.6 Å². The molecule has 0 heterocycles. The minimum atomic E-state index is -0.200. The molecule has 0 radical (unpaired) electrons. The molecule has 2 rings (SSSR count). The monoisotopic (exact) mass is 374 g/mol. The number of aryl methyl sites for hydroxylation is 1. The number of amides is 2. The summed E-state index contributed by atoms with van der Waals surface area (Å²) in [7, 11) is 0. The lowest BCUT2D eigenvalue weighted by atomic mass is 10.1. The lowest BCUT2D eigenvalue weighted by Gasteiger charge is -2.09. The Morgan fingerprint density at radius 1 is 0.913 bits per heavy atom. The molecule has 4 nitrogen and oxygen atoms in total. The number of rotatable bonds is 6. The molecular formula is C18H19BrN2O2. The van der Waals surface area contributed by atoms with E-state index < -0.39 is 0 Å². The summed E-state index contributed by atoms with van der Waals surface area (Å²) < 4.78 is 0.888. The van der Waals surface area contributed by atoms with Crippen molar-refractivity contribution in [3.63, 3.8) is 0 Å². The fourth-order valence-electron chi connectivity index (χ4n) is 2.12. The first-order chi connectivity index (χ1) is 11.1.